The lowest BCUT2D eigenvalue weighted by molar-refractivity contribution is 0.0600. The van der Waals surface area contributed by atoms with Crippen LogP contribution in [0.3, 0.4) is 0 Å². The zero-order valence-electron chi connectivity index (χ0n) is 17.4. The predicted molar refractivity (Wildman–Crippen MR) is 114 cm³/mol. The number of amides is 1. The molecule has 1 aromatic carbocycles. The molecule has 9 heteroatoms. The van der Waals surface area contributed by atoms with Crippen LogP contribution in [0.25, 0.3) is 5.69 Å². The summed E-state index contributed by atoms with van der Waals surface area (Å²) < 4.78 is 12.8. The van der Waals surface area contributed by atoms with Crippen molar-refractivity contribution >= 4 is 5.91 Å². The quantitative estimate of drug-likeness (QED) is 0.461. The minimum Gasteiger partial charge on any atom is -0.486 e. The van der Waals surface area contributed by atoms with Gasteiger partial charge >= 0.3 is 0 Å². The van der Waals surface area contributed by atoms with E-state index in [2.05, 4.69) is 20.2 Å². The van der Waals surface area contributed by atoms with E-state index in [-0.39, 0.29) is 18.6 Å². The van der Waals surface area contributed by atoms with Crippen LogP contribution < -0.4 is 4.74 Å². The molecule has 0 saturated carbocycles. The molecule has 0 bridgehead atoms. The molecule has 4 heterocycles. The Morgan fingerprint density at radius 2 is 2.06 bits per heavy atom. The number of aromatic nitrogens is 5. The first kappa shape index (κ1) is 19.9. The van der Waals surface area contributed by atoms with Crippen LogP contribution in [0.5, 0.6) is 5.75 Å². The fourth-order valence-corrected chi connectivity index (χ4v) is 3.91. The van der Waals surface area contributed by atoms with Crippen molar-refractivity contribution in [1.29, 1.82) is 0 Å². The first-order chi connectivity index (χ1) is 15.8. The van der Waals surface area contributed by atoms with Gasteiger partial charge in [-0.3, -0.25) is 9.78 Å². The molecule has 1 fully saturated rings. The molecular weight excluding hydrogens is 408 g/mol. The van der Waals surface area contributed by atoms with E-state index in [1.807, 2.05) is 47.5 Å². The van der Waals surface area contributed by atoms with Crippen molar-refractivity contribution in [2.24, 2.45) is 0 Å². The van der Waals surface area contributed by atoms with Crippen molar-refractivity contribution in [2.45, 2.75) is 31.9 Å². The number of piperidine rings is 1. The molecule has 162 valence electrons. The molecule has 0 N–H and O–H groups in total. The Morgan fingerprint density at radius 3 is 2.84 bits per heavy atom. The molecule has 1 atom stereocenters. The number of carbonyl (C=O) groups excluding carboxylic acids is 1. The Kier molecular flexibility index (Phi) is 5.61. The standard InChI is InChI=1S/C23H22N6O3/c30-23(28-11-2-1-5-22(28)17-4-3-10-24-13-17)21-12-20(32-27-21)14-31-19-8-6-18(7-9-19)29-16-25-15-26-29/h3-4,6-10,12-13,15-16,22H,1-2,5,11,14H2/t22-/m1/s1. The second-order valence-electron chi connectivity index (χ2n) is 7.60. The van der Waals surface area contributed by atoms with Crippen LogP contribution >= 0.6 is 0 Å². The maximum atomic E-state index is 13.1. The van der Waals surface area contributed by atoms with E-state index in [0.717, 1.165) is 30.5 Å². The zero-order valence-corrected chi connectivity index (χ0v) is 17.4. The second kappa shape index (κ2) is 9.01. The van der Waals surface area contributed by atoms with Crippen molar-refractivity contribution in [3.63, 3.8) is 0 Å². The SMILES string of the molecule is O=C(c1cc(COc2ccc(-n3cncn3)cc2)on1)N1CCCC[C@@H]1c1cccnc1. The van der Waals surface area contributed by atoms with E-state index in [4.69, 9.17) is 9.26 Å². The summed E-state index contributed by atoms with van der Waals surface area (Å²) in [6, 6.07) is 13.0. The van der Waals surface area contributed by atoms with E-state index < -0.39 is 0 Å². The van der Waals surface area contributed by atoms with Gasteiger partial charge in [-0.2, -0.15) is 5.10 Å². The first-order valence-electron chi connectivity index (χ1n) is 10.5. The highest BCUT2D eigenvalue weighted by Crippen LogP contribution is 2.31. The Labute approximate surface area is 184 Å². The fraction of sp³-hybridized carbons (Fsp3) is 0.261. The van der Waals surface area contributed by atoms with Gasteiger partial charge in [0, 0.05) is 25.0 Å². The van der Waals surface area contributed by atoms with Crippen LogP contribution in [0, 0.1) is 0 Å². The summed E-state index contributed by atoms with van der Waals surface area (Å²) in [5.74, 6) is 1.03. The molecule has 3 aromatic heterocycles. The van der Waals surface area contributed by atoms with Gasteiger partial charge in [-0.25, -0.2) is 9.67 Å². The van der Waals surface area contributed by atoms with Crippen LogP contribution in [-0.4, -0.2) is 42.3 Å². The van der Waals surface area contributed by atoms with Crippen molar-refractivity contribution in [3.8, 4) is 11.4 Å². The third-order valence-corrected chi connectivity index (χ3v) is 5.51. The Morgan fingerprint density at radius 1 is 1.16 bits per heavy atom. The number of ether oxygens (including phenoxy) is 1. The molecule has 5 rings (SSSR count). The lowest BCUT2D eigenvalue weighted by atomic mass is 9.96. The van der Waals surface area contributed by atoms with E-state index in [9.17, 15) is 4.79 Å². The van der Waals surface area contributed by atoms with Crippen molar-refractivity contribution in [1.82, 2.24) is 29.8 Å². The number of likely N-dealkylation sites (tertiary alicyclic amines) is 1. The van der Waals surface area contributed by atoms with Crippen LogP contribution in [0.4, 0.5) is 0 Å². The molecule has 1 saturated heterocycles. The molecule has 0 radical (unpaired) electrons. The summed E-state index contributed by atoms with van der Waals surface area (Å²) in [7, 11) is 0. The highest BCUT2D eigenvalue weighted by atomic mass is 16.5. The largest absolute Gasteiger partial charge is 0.486 e. The van der Waals surface area contributed by atoms with Gasteiger partial charge in [0.15, 0.2) is 11.5 Å². The maximum absolute atomic E-state index is 13.1. The molecule has 0 spiro atoms. The zero-order chi connectivity index (χ0) is 21.8. The number of pyridine rings is 1. The minimum atomic E-state index is -0.134. The summed E-state index contributed by atoms with van der Waals surface area (Å²) in [5.41, 5.74) is 2.22. The third-order valence-electron chi connectivity index (χ3n) is 5.51. The molecule has 32 heavy (non-hydrogen) atoms. The van der Waals surface area contributed by atoms with Gasteiger partial charge in [0.1, 0.15) is 25.0 Å². The smallest absolute Gasteiger partial charge is 0.276 e. The topological polar surface area (TPSA) is 99.2 Å². The summed E-state index contributed by atoms with van der Waals surface area (Å²) in [4.78, 5) is 23.2. The van der Waals surface area contributed by atoms with E-state index >= 15 is 0 Å². The maximum Gasteiger partial charge on any atom is 0.276 e. The molecule has 9 nitrogen and oxygen atoms in total. The lowest BCUT2D eigenvalue weighted by Crippen LogP contribution is -2.38. The van der Waals surface area contributed by atoms with E-state index in [1.165, 1.54) is 6.33 Å². The van der Waals surface area contributed by atoms with Crippen LogP contribution in [0.1, 0.15) is 47.1 Å². The molecular formula is C23H22N6O3. The molecule has 1 amide bonds. The second-order valence-corrected chi connectivity index (χ2v) is 7.60. The number of rotatable bonds is 6. The summed E-state index contributed by atoms with van der Waals surface area (Å²) in [5, 5.41) is 8.09. The van der Waals surface area contributed by atoms with Crippen molar-refractivity contribution in [3.05, 3.63) is 84.5 Å². The molecule has 1 aliphatic rings. The number of hydrogen-bond acceptors (Lipinski definition) is 7. The minimum absolute atomic E-state index is 0.00449. The summed E-state index contributed by atoms with van der Waals surface area (Å²) in [6.07, 6.45) is 9.64. The molecule has 0 unspecified atom stereocenters. The Hall–Kier alpha value is -4.01. The van der Waals surface area contributed by atoms with Gasteiger partial charge in [0.2, 0.25) is 0 Å². The molecule has 4 aromatic rings. The average Bonchev–Trinajstić information content (AvgIpc) is 3.56. The van der Waals surface area contributed by atoms with Gasteiger partial charge in [0.25, 0.3) is 5.91 Å². The number of nitrogens with zero attached hydrogens (tertiary/aromatic N) is 6. The number of benzene rings is 1. The van der Waals surface area contributed by atoms with Crippen molar-refractivity contribution in [2.75, 3.05) is 6.54 Å². The summed E-state index contributed by atoms with van der Waals surface area (Å²) in [6.45, 7) is 0.865. The fourth-order valence-electron chi connectivity index (χ4n) is 3.91. The monoisotopic (exact) mass is 430 g/mol. The van der Waals surface area contributed by atoms with Crippen LogP contribution in [-0.2, 0) is 6.61 Å². The van der Waals surface area contributed by atoms with Crippen LogP contribution in [0.15, 0.2) is 72.0 Å². The van der Waals surface area contributed by atoms with Gasteiger partial charge < -0.3 is 14.2 Å². The van der Waals surface area contributed by atoms with Crippen molar-refractivity contribution < 1.29 is 14.1 Å². The van der Waals surface area contributed by atoms with E-state index in [0.29, 0.717) is 23.7 Å². The molecule has 0 aliphatic carbocycles. The van der Waals surface area contributed by atoms with E-state index in [1.54, 1.807) is 23.3 Å². The first-order valence-corrected chi connectivity index (χ1v) is 10.5. The van der Waals surface area contributed by atoms with Gasteiger partial charge in [-0.05, 0) is 55.2 Å². The average molecular weight is 430 g/mol. The highest BCUT2D eigenvalue weighted by Gasteiger charge is 2.30. The lowest BCUT2D eigenvalue weighted by Gasteiger charge is -2.35. The normalized spacial score (nSPS) is 16.1. The molecule has 1 aliphatic heterocycles. The Bertz CT molecular complexity index is 1160. The highest BCUT2D eigenvalue weighted by molar-refractivity contribution is 5.92. The summed E-state index contributed by atoms with van der Waals surface area (Å²) >= 11 is 0. The number of carbonyl (C=O) groups is 1. The third kappa shape index (κ3) is 4.22. The Balaban J connectivity index is 1.23. The van der Waals surface area contributed by atoms with Gasteiger partial charge in [0.05, 0.1) is 11.7 Å². The number of hydrogen-bond donors (Lipinski definition) is 0. The van der Waals surface area contributed by atoms with Gasteiger partial charge in [-0.15, -0.1) is 0 Å². The van der Waals surface area contributed by atoms with Crippen LogP contribution in [0.2, 0.25) is 0 Å². The predicted octanol–water partition coefficient (Wildman–Crippen LogP) is 3.60. The van der Waals surface area contributed by atoms with Gasteiger partial charge in [-0.1, -0.05) is 11.2 Å².